The normalized spacial score (nSPS) is 27.4. The van der Waals surface area contributed by atoms with Gasteiger partial charge in [0.2, 0.25) is 11.8 Å². The number of urea groups is 1. The van der Waals surface area contributed by atoms with Gasteiger partial charge in [0.15, 0.2) is 5.41 Å². The molecular formula is C17H22N5O3+. The number of fused-ring (bicyclic) bond motifs is 4. The van der Waals surface area contributed by atoms with Gasteiger partial charge in [0, 0.05) is 17.8 Å². The van der Waals surface area contributed by atoms with E-state index >= 15 is 0 Å². The Morgan fingerprint density at radius 2 is 2.00 bits per heavy atom. The summed E-state index contributed by atoms with van der Waals surface area (Å²) in [6.07, 6.45) is 0.247. The number of piperazine rings is 1. The van der Waals surface area contributed by atoms with Crippen LogP contribution in [0.15, 0.2) is 18.2 Å². The van der Waals surface area contributed by atoms with Crippen LogP contribution in [-0.2, 0) is 16.0 Å². The highest BCUT2D eigenvalue weighted by molar-refractivity contribution is 6.20. The first-order valence-corrected chi connectivity index (χ1v) is 8.61. The van der Waals surface area contributed by atoms with Gasteiger partial charge < -0.3 is 15.5 Å². The van der Waals surface area contributed by atoms with Crippen molar-refractivity contribution in [1.82, 2.24) is 10.6 Å². The van der Waals surface area contributed by atoms with Gasteiger partial charge in [-0.1, -0.05) is 0 Å². The van der Waals surface area contributed by atoms with Crippen LogP contribution in [0, 0.1) is 5.41 Å². The Kier molecular flexibility index (Phi) is 3.47. The molecule has 3 aliphatic rings. The highest BCUT2D eigenvalue weighted by atomic mass is 16.2. The third-order valence-corrected chi connectivity index (χ3v) is 5.78. The maximum absolute atomic E-state index is 12.9. The van der Waals surface area contributed by atoms with E-state index in [0.717, 1.165) is 30.9 Å². The van der Waals surface area contributed by atoms with Crippen molar-refractivity contribution in [3.8, 4) is 0 Å². The van der Waals surface area contributed by atoms with Gasteiger partial charge in [-0.3, -0.25) is 20.2 Å². The highest BCUT2D eigenvalue weighted by Gasteiger charge is 2.61. The predicted molar refractivity (Wildman–Crippen MR) is 91.0 cm³/mol. The number of hydrogen-bond acceptors (Lipinski definition) is 5. The van der Waals surface area contributed by atoms with E-state index < -0.39 is 23.3 Å². The minimum absolute atomic E-state index is 0.247. The number of nitrogens with two attached hydrogens (primary N) is 1. The van der Waals surface area contributed by atoms with E-state index in [0.29, 0.717) is 12.2 Å². The maximum atomic E-state index is 12.9. The van der Waals surface area contributed by atoms with E-state index in [1.165, 1.54) is 4.90 Å². The lowest BCUT2D eigenvalue weighted by Crippen LogP contribution is -3.16. The smallest absolute Gasteiger partial charge is 0.328 e. The summed E-state index contributed by atoms with van der Waals surface area (Å²) in [5.74, 6) is -1.02. The molecule has 2 fully saturated rings. The van der Waals surface area contributed by atoms with E-state index in [4.69, 9.17) is 5.73 Å². The van der Waals surface area contributed by atoms with Crippen molar-refractivity contribution in [2.75, 3.05) is 36.8 Å². The number of rotatable bonds is 1. The molecule has 4 rings (SSSR count). The van der Waals surface area contributed by atoms with Crippen LogP contribution >= 0.6 is 0 Å². The topological polar surface area (TPSA) is 109 Å². The van der Waals surface area contributed by atoms with Crippen molar-refractivity contribution in [1.29, 1.82) is 0 Å². The van der Waals surface area contributed by atoms with Crippen LogP contribution in [0.3, 0.4) is 0 Å². The summed E-state index contributed by atoms with van der Waals surface area (Å²) < 4.78 is 0. The Morgan fingerprint density at radius 3 is 2.68 bits per heavy atom. The van der Waals surface area contributed by atoms with Gasteiger partial charge >= 0.3 is 6.03 Å². The summed E-state index contributed by atoms with van der Waals surface area (Å²) in [5, 5.41) is 4.61. The minimum Gasteiger partial charge on any atom is -0.399 e. The molecule has 5 N–H and O–H groups in total. The molecular weight excluding hydrogens is 322 g/mol. The van der Waals surface area contributed by atoms with Crippen LogP contribution in [0.1, 0.15) is 12.5 Å². The zero-order valence-electron chi connectivity index (χ0n) is 14.1. The molecule has 4 amide bonds. The highest BCUT2D eigenvalue weighted by Crippen LogP contribution is 2.43. The van der Waals surface area contributed by atoms with Crippen molar-refractivity contribution in [2.24, 2.45) is 5.41 Å². The number of nitrogens with one attached hydrogen (secondary N) is 3. The average molecular weight is 344 g/mol. The number of carbonyl (C=O) groups excluding carboxylic acids is 3. The molecule has 25 heavy (non-hydrogen) atoms. The van der Waals surface area contributed by atoms with Gasteiger partial charge in [0.25, 0.3) is 0 Å². The third kappa shape index (κ3) is 2.21. The van der Waals surface area contributed by atoms with E-state index in [-0.39, 0.29) is 12.5 Å². The molecule has 0 saturated carbocycles. The molecule has 0 bridgehead atoms. The van der Waals surface area contributed by atoms with Gasteiger partial charge in [-0.15, -0.1) is 0 Å². The third-order valence-electron chi connectivity index (χ3n) is 5.78. The van der Waals surface area contributed by atoms with Crippen molar-refractivity contribution in [2.45, 2.75) is 19.4 Å². The van der Waals surface area contributed by atoms with Gasteiger partial charge in [0.1, 0.15) is 6.04 Å². The molecule has 1 spiro atoms. The number of nitrogens with zero attached hydrogens (tertiary/aromatic N) is 1. The lowest BCUT2D eigenvalue weighted by atomic mass is 9.68. The van der Waals surface area contributed by atoms with Crippen molar-refractivity contribution < 1.29 is 19.3 Å². The molecule has 1 aromatic rings. The Hall–Kier alpha value is -2.61. The van der Waals surface area contributed by atoms with Crippen molar-refractivity contribution in [3.05, 3.63) is 23.8 Å². The Bertz CT molecular complexity index is 758. The predicted octanol–water partition coefficient (Wildman–Crippen LogP) is -1.73. The first-order valence-electron chi connectivity index (χ1n) is 8.61. The molecule has 0 aliphatic carbocycles. The molecule has 8 heteroatoms. The molecule has 8 nitrogen and oxygen atoms in total. The number of imide groups is 2. The minimum atomic E-state index is -1.31. The summed E-state index contributed by atoms with van der Waals surface area (Å²) in [7, 11) is 0. The number of benzene rings is 1. The number of hydrogen-bond donors (Lipinski definition) is 4. The number of carbonyl (C=O) groups is 3. The number of anilines is 2. The Morgan fingerprint density at radius 1 is 1.28 bits per heavy atom. The number of barbiturate groups is 1. The largest absolute Gasteiger partial charge is 0.399 e. The summed E-state index contributed by atoms with van der Waals surface area (Å²) in [6, 6.07) is 4.59. The molecule has 2 saturated heterocycles. The lowest BCUT2D eigenvalue weighted by molar-refractivity contribution is -0.902. The summed E-state index contributed by atoms with van der Waals surface area (Å²) >= 11 is 0. The van der Waals surface area contributed by atoms with E-state index in [2.05, 4.69) is 22.5 Å². The molecule has 1 unspecified atom stereocenters. The molecule has 2 atom stereocenters. The van der Waals surface area contributed by atoms with Gasteiger partial charge in [0.05, 0.1) is 26.2 Å². The lowest BCUT2D eigenvalue weighted by Gasteiger charge is -2.52. The van der Waals surface area contributed by atoms with Crippen LogP contribution < -0.4 is 26.2 Å². The van der Waals surface area contributed by atoms with Crippen LogP contribution in [-0.4, -0.2) is 50.1 Å². The van der Waals surface area contributed by atoms with Crippen LogP contribution in [0.2, 0.25) is 0 Å². The molecule has 132 valence electrons. The quantitative estimate of drug-likeness (QED) is 0.358. The van der Waals surface area contributed by atoms with Crippen LogP contribution in [0.4, 0.5) is 16.2 Å². The second-order valence-corrected chi connectivity index (χ2v) is 7.04. The van der Waals surface area contributed by atoms with Crippen LogP contribution in [0.25, 0.3) is 0 Å². The fourth-order valence-electron chi connectivity index (χ4n) is 4.44. The number of nitrogen functional groups attached to an aromatic ring is 1. The molecule has 1 aromatic carbocycles. The Labute approximate surface area is 145 Å². The molecule has 3 heterocycles. The van der Waals surface area contributed by atoms with Gasteiger partial charge in [-0.25, -0.2) is 4.79 Å². The molecule has 3 aliphatic heterocycles. The second kappa shape index (κ2) is 5.45. The van der Waals surface area contributed by atoms with Crippen molar-refractivity contribution >= 4 is 29.2 Å². The zero-order valence-corrected chi connectivity index (χ0v) is 14.1. The van der Waals surface area contributed by atoms with Crippen LogP contribution in [0.5, 0.6) is 0 Å². The maximum Gasteiger partial charge on any atom is 0.328 e. The second-order valence-electron chi connectivity index (χ2n) is 7.04. The summed E-state index contributed by atoms with van der Waals surface area (Å²) in [5.41, 5.74) is 7.11. The fraction of sp³-hybridized carbons (Fsp3) is 0.471. The van der Waals surface area contributed by atoms with Gasteiger partial charge in [-0.05, 0) is 30.7 Å². The number of likely N-dealkylation sites (N-methyl/N-ethyl adjacent to an activating group) is 1. The van der Waals surface area contributed by atoms with Gasteiger partial charge in [-0.2, -0.15) is 0 Å². The van der Waals surface area contributed by atoms with E-state index in [1.54, 1.807) is 0 Å². The fourth-order valence-corrected chi connectivity index (χ4v) is 4.44. The van der Waals surface area contributed by atoms with E-state index in [1.807, 2.05) is 18.2 Å². The summed E-state index contributed by atoms with van der Waals surface area (Å²) in [6.45, 7) is 5.39. The first-order chi connectivity index (χ1) is 12.0. The SMILES string of the molecule is CC[NH+]1CCN2c3ccc(N)cc3CC3(C(=O)NC(=O)NC3=O)[C@@H]2C1. The summed E-state index contributed by atoms with van der Waals surface area (Å²) in [4.78, 5) is 40.8. The first kappa shape index (κ1) is 15.9. The number of amides is 4. The standard InChI is InChI=1S/C17H21N5O3/c1-2-21-5-6-22-12-4-3-11(18)7-10(12)8-17(13(22)9-21)14(23)19-16(25)20-15(17)24/h3-4,7,13H,2,5-6,8-9,18H2,1H3,(H2,19,20,23,24,25)/p+1/t13-/m0/s1. The van der Waals surface area contributed by atoms with Crippen molar-refractivity contribution in [3.63, 3.8) is 0 Å². The monoisotopic (exact) mass is 344 g/mol. The average Bonchev–Trinajstić information content (AvgIpc) is 2.58. The van der Waals surface area contributed by atoms with E-state index in [9.17, 15) is 14.4 Å². The zero-order chi connectivity index (χ0) is 17.8. The molecule has 0 radical (unpaired) electrons. The number of quaternary nitrogens is 1. The Balaban J connectivity index is 1.86. The molecule has 0 aromatic heterocycles.